The predicted molar refractivity (Wildman–Crippen MR) is 85.0 cm³/mol. The molecule has 1 saturated carbocycles. The van der Waals surface area contributed by atoms with Crippen molar-refractivity contribution in [3.05, 3.63) is 21.6 Å². The molecule has 1 N–H and O–H groups in total. The minimum absolute atomic E-state index is 0.215. The van der Waals surface area contributed by atoms with E-state index in [4.69, 9.17) is 16.3 Å². The summed E-state index contributed by atoms with van der Waals surface area (Å²) in [6.45, 7) is 5.39. The van der Waals surface area contributed by atoms with E-state index in [1.54, 1.807) is 13.3 Å². The van der Waals surface area contributed by atoms with Gasteiger partial charge >= 0.3 is 0 Å². The summed E-state index contributed by atoms with van der Waals surface area (Å²) in [5.41, 5.74) is 0.372. The van der Waals surface area contributed by atoms with Crippen molar-refractivity contribution >= 4 is 17.3 Å². The summed E-state index contributed by atoms with van der Waals surface area (Å²) < 4.78 is 6.29. The first-order valence-corrected chi connectivity index (χ1v) is 7.90. The molecular formula is C15H24ClN3O2. The minimum Gasteiger partial charge on any atom is -0.383 e. The number of nitrogens with one attached hydrogen (secondary N) is 1. The SMILES string of the molecule is COCCn1ncc(NC2CC(C)CC(C)C2)c(Cl)c1=O. The van der Waals surface area contributed by atoms with E-state index in [2.05, 4.69) is 24.3 Å². The lowest BCUT2D eigenvalue weighted by Gasteiger charge is -2.32. The van der Waals surface area contributed by atoms with Crippen LogP contribution in [0.15, 0.2) is 11.0 Å². The number of nitrogens with zero attached hydrogens (tertiary/aromatic N) is 2. The molecule has 0 spiro atoms. The molecule has 0 amide bonds. The van der Waals surface area contributed by atoms with Gasteiger partial charge < -0.3 is 10.1 Å². The van der Waals surface area contributed by atoms with Crippen LogP contribution in [0.1, 0.15) is 33.1 Å². The molecule has 1 aromatic rings. The smallest absolute Gasteiger partial charge is 0.287 e. The lowest BCUT2D eigenvalue weighted by molar-refractivity contribution is 0.182. The molecule has 1 heterocycles. The molecule has 0 bridgehead atoms. The number of methoxy groups -OCH3 is 1. The number of halogens is 1. The van der Waals surface area contributed by atoms with Crippen LogP contribution < -0.4 is 10.9 Å². The quantitative estimate of drug-likeness (QED) is 0.908. The standard InChI is InChI=1S/C15H24ClN3O2/c1-10-6-11(2)8-12(7-10)18-13-9-17-19(4-5-21-3)15(20)14(13)16/h9-12,18H,4-8H2,1-3H3. The third kappa shape index (κ3) is 4.20. The van der Waals surface area contributed by atoms with Gasteiger partial charge in [-0.3, -0.25) is 4.79 Å². The van der Waals surface area contributed by atoms with Crippen molar-refractivity contribution in [2.45, 2.75) is 45.7 Å². The summed E-state index contributed by atoms with van der Waals surface area (Å²) in [6, 6.07) is 0.359. The van der Waals surface area contributed by atoms with Crippen molar-refractivity contribution in [1.82, 2.24) is 9.78 Å². The molecular weight excluding hydrogens is 290 g/mol. The Morgan fingerprint density at radius 1 is 1.38 bits per heavy atom. The van der Waals surface area contributed by atoms with E-state index >= 15 is 0 Å². The highest BCUT2D eigenvalue weighted by atomic mass is 35.5. The normalized spacial score (nSPS) is 25.8. The summed E-state index contributed by atoms with van der Waals surface area (Å²) in [5, 5.41) is 7.77. The highest BCUT2D eigenvalue weighted by Gasteiger charge is 2.24. The van der Waals surface area contributed by atoms with Crippen LogP contribution in [0, 0.1) is 11.8 Å². The summed E-state index contributed by atoms with van der Waals surface area (Å²) in [6.07, 6.45) is 5.12. The molecule has 0 aromatic carbocycles. The monoisotopic (exact) mass is 313 g/mol. The molecule has 1 fully saturated rings. The minimum atomic E-state index is -0.268. The van der Waals surface area contributed by atoms with Gasteiger partial charge in [0.25, 0.3) is 5.56 Å². The van der Waals surface area contributed by atoms with Gasteiger partial charge in [-0.2, -0.15) is 5.10 Å². The van der Waals surface area contributed by atoms with Gasteiger partial charge in [-0.1, -0.05) is 25.4 Å². The van der Waals surface area contributed by atoms with E-state index in [0.717, 1.165) is 12.8 Å². The van der Waals surface area contributed by atoms with Gasteiger partial charge in [-0.25, -0.2) is 4.68 Å². The first kappa shape index (κ1) is 16.3. The molecule has 21 heavy (non-hydrogen) atoms. The molecule has 1 aromatic heterocycles. The Morgan fingerprint density at radius 3 is 2.67 bits per heavy atom. The molecule has 2 unspecified atom stereocenters. The third-order valence-corrected chi connectivity index (χ3v) is 4.40. The molecule has 118 valence electrons. The maximum atomic E-state index is 12.1. The van der Waals surface area contributed by atoms with Gasteiger partial charge in [-0.15, -0.1) is 0 Å². The van der Waals surface area contributed by atoms with Crippen molar-refractivity contribution in [3.63, 3.8) is 0 Å². The Labute approximate surface area is 130 Å². The van der Waals surface area contributed by atoms with Gasteiger partial charge in [0.1, 0.15) is 5.02 Å². The molecule has 1 aliphatic rings. The van der Waals surface area contributed by atoms with Crippen LogP contribution in [-0.2, 0) is 11.3 Å². The molecule has 5 nitrogen and oxygen atoms in total. The zero-order valence-electron chi connectivity index (χ0n) is 12.9. The fourth-order valence-electron chi connectivity index (χ4n) is 3.19. The van der Waals surface area contributed by atoms with E-state index in [0.29, 0.717) is 36.7 Å². The Balaban J connectivity index is 2.10. The van der Waals surface area contributed by atoms with Crippen LogP contribution in [0.25, 0.3) is 0 Å². The lowest BCUT2D eigenvalue weighted by Crippen LogP contribution is -2.32. The summed E-state index contributed by atoms with van der Waals surface area (Å²) >= 11 is 6.19. The van der Waals surface area contributed by atoms with Gasteiger partial charge in [0, 0.05) is 13.2 Å². The van der Waals surface area contributed by atoms with Crippen LogP contribution in [0.5, 0.6) is 0 Å². The second kappa shape index (κ2) is 7.27. The second-order valence-electron chi connectivity index (χ2n) is 6.15. The van der Waals surface area contributed by atoms with Crippen molar-refractivity contribution < 1.29 is 4.74 Å². The number of aromatic nitrogens is 2. The maximum absolute atomic E-state index is 12.1. The van der Waals surface area contributed by atoms with Crippen LogP contribution in [0.4, 0.5) is 5.69 Å². The van der Waals surface area contributed by atoms with E-state index < -0.39 is 0 Å². The average molecular weight is 314 g/mol. The number of rotatable bonds is 5. The highest BCUT2D eigenvalue weighted by molar-refractivity contribution is 6.32. The van der Waals surface area contributed by atoms with E-state index in [1.165, 1.54) is 11.1 Å². The fourth-order valence-corrected chi connectivity index (χ4v) is 3.39. The Morgan fingerprint density at radius 2 is 2.05 bits per heavy atom. The zero-order chi connectivity index (χ0) is 15.4. The topological polar surface area (TPSA) is 56.1 Å². The van der Waals surface area contributed by atoms with Crippen LogP contribution >= 0.6 is 11.6 Å². The maximum Gasteiger partial charge on any atom is 0.287 e. The van der Waals surface area contributed by atoms with Gasteiger partial charge in [0.2, 0.25) is 0 Å². The Bertz CT molecular complexity index is 522. The second-order valence-corrected chi connectivity index (χ2v) is 6.53. The van der Waals surface area contributed by atoms with Gasteiger partial charge in [-0.05, 0) is 31.1 Å². The summed E-state index contributed by atoms with van der Waals surface area (Å²) in [4.78, 5) is 12.1. The Hall–Kier alpha value is -1.07. The molecule has 0 radical (unpaired) electrons. The summed E-state index contributed by atoms with van der Waals surface area (Å²) in [5.74, 6) is 1.39. The van der Waals surface area contributed by atoms with Crippen molar-refractivity contribution in [3.8, 4) is 0 Å². The average Bonchev–Trinajstić information content (AvgIpc) is 2.42. The van der Waals surface area contributed by atoms with E-state index in [9.17, 15) is 4.79 Å². The van der Waals surface area contributed by atoms with Gasteiger partial charge in [0.15, 0.2) is 0 Å². The molecule has 6 heteroatoms. The molecule has 0 saturated heterocycles. The van der Waals surface area contributed by atoms with Crippen LogP contribution in [-0.4, -0.2) is 29.5 Å². The molecule has 2 atom stereocenters. The van der Waals surface area contributed by atoms with Crippen molar-refractivity contribution in [2.75, 3.05) is 19.0 Å². The third-order valence-electron chi connectivity index (χ3n) is 4.03. The van der Waals surface area contributed by atoms with Gasteiger partial charge in [0.05, 0.1) is 25.0 Å². The Kier molecular flexibility index (Phi) is 5.65. The molecule has 0 aliphatic heterocycles. The van der Waals surface area contributed by atoms with Crippen molar-refractivity contribution in [1.29, 1.82) is 0 Å². The predicted octanol–water partition coefficient (Wildman–Crippen LogP) is 2.78. The fraction of sp³-hybridized carbons (Fsp3) is 0.733. The van der Waals surface area contributed by atoms with Crippen LogP contribution in [0.3, 0.4) is 0 Å². The molecule has 1 aliphatic carbocycles. The first-order chi connectivity index (χ1) is 10.0. The largest absolute Gasteiger partial charge is 0.383 e. The first-order valence-electron chi connectivity index (χ1n) is 7.52. The van der Waals surface area contributed by atoms with Crippen LogP contribution in [0.2, 0.25) is 5.02 Å². The number of hydrogen-bond donors (Lipinski definition) is 1. The molecule has 2 rings (SSSR count). The summed E-state index contributed by atoms with van der Waals surface area (Å²) in [7, 11) is 1.59. The zero-order valence-corrected chi connectivity index (χ0v) is 13.7. The van der Waals surface area contributed by atoms with E-state index in [-0.39, 0.29) is 10.6 Å². The number of anilines is 1. The van der Waals surface area contributed by atoms with Crippen molar-refractivity contribution in [2.24, 2.45) is 11.8 Å². The number of ether oxygens (including phenoxy) is 1. The highest BCUT2D eigenvalue weighted by Crippen LogP contribution is 2.31. The van der Waals surface area contributed by atoms with E-state index in [1.807, 2.05) is 0 Å². The lowest BCUT2D eigenvalue weighted by atomic mass is 9.80. The number of hydrogen-bond acceptors (Lipinski definition) is 4.